The molecule has 3 unspecified atom stereocenters. The number of amides is 1. The third-order valence-electron chi connectivity index (χ3n) is 7.47. The van der Waals surface area contributed by atoms with Gasteiger partial charge in [-0.25, -0.2) is 10.4 Å². The fourth-order valence-electron chi connectivity index (χ4n) is 5.85. The quantitative estimate of drug-likeness (QED) is 0.644. The number of morpholine rings is 1. The number of nitrogens with zero attached hydrogens (tertiary/aromatic N) is 3. The molecule has 32 heavy (non-hydrogen) atoms. The minimum absolute atomic E-state index is 0.0255. The molecule has 0 radical (unpaired) electrons. The number of hydrogen-bond donors (Lipinski definition) is 3. The maximum Gasteiger partial charge on any atom is 0.228 e. The number of ether oxygens (including phenoxy) is 1. The first-order chi connectivity index (χ1) is 15.7. The molecule has 172 valence electrons. The van der Waals surface area contributed by atoms with Crippen LogP contribution in [0.4, 0.5) is 5.69 Å². The highest BCUT2D eigenvalue weighted by Crippen LogP contribution is 2.36. The van der Waals surface area contributed by atoms with Crippen LogP contribution in [0.3, 0.4) is 0 Å². The second-order valence-electron chi connectivity index (χ2n) is 9.51. The molecule has 3 aliphatic heterocycles. The molecule has 4 fully saturated rings. The molecule has 8 nitrogen and oxygen atoms in total. The Morgan fingerprint density at radius 3 is 2.84 bits per heavy atom. The maximum atomic E-state index is 12.9. The average molecular weight is 439 g/mol. The first kappa shape index (κ1) is 21.7. The standard InChI is InChI=1S/C24H34N6O2/c25-15-18-5-1-2-7-20(18)30-21-8-9-26-24(31)22(21)23(28-30)27-19-6-3-4-17(14-19)16-29-10-12-32-13-11-29/h3-4,6,14,18,20-23,27-28H,1-2,5,7-13,16H2,(H,26,31)/t18-,20+,21?,22?,23?/m1/s1. The number of hydrogen-bond acceptors (Lipinski definition) is 7. The number of nitriles is 1. The summed E-state index contributed by atoms with van der Waals surface area (Å²) in [6, 6.07) is 11.3. The number of carbonyl (C=O) groups is 1. The zero-order valence-electron chi connectivity index (χ0n) is 18.6. The van der Waals surface area contributed by atoms with E-state index in [1.165, 1.54) is 5.56 Å². The molecule has 5 rings (SSSR count). The van der Waals surface area contributed by atoms with E-state index in [0.29, 0.717) is 6.54 Å². The summed E-state index contributed by atoms with van der Waals surface area (Å²) in [5, 5.41) is 18.7. The van der Waals surface area contributed by atoms with Crippen LogP contribution >= 0.6 is 0 Å². The molecule has 3 saturated heterocycles. The number of fused-ring (bicyclic) bond motifs is 1. The van der Waals surface area contributed by atoms with E-state index >= 15 is 0 Å². The van der Waals surface area contributed by atoms with E-state index in [0.717, 1.165) is 70.6 Å². The first-order valence-electron chi connectivity index (χ1n) is 12.1. The lowest BCUT2D eigenvalue weighted by molar-refractivity contribution is -0.128. The van der Waals surface area contributed by atoms with E-state index in [-0.39, 0.29) is 36.0 Å². The number of hydrazine groups is 1. The molecule has 5 atom stereocenters. The Balaban J connectivity index is 1.32. The Morgan fingerprint density at radius 1 is 1.16 bits per heavy atom. The lowest BCUT2D eigenvalue weighted by Crippen LogP contribution is -2.54. The van der Waals surface area contributed by atoms with Crippen molar-refractivity contribution in [3.8, 4) is 6.07 Å². The highest BCUT2D eigenvalue weighted by molar-refractivity contribution is 5.82. The van der Waals surface area contributed by atoms with Crippen LogP contribution in [-0.2, 0) is 16.1 Å². The van der Waals surface area contributed by atoms with Gasteiger partial charge in [0, 0.05) is 44.0 Å². The minimum Gasteiger partial charge on any atom is -0.379 e. The van der Waals surface area contributed by atoms with E-state index in [1.807, 2.05) is 0 Å². The summed E-state index contributed by atoms with van der Waals surface area (Å²) in [5.74, 6) is -0.0482. The number of anilines is 1. The molecule has 3 N–H and O–H groups in total. The summed E-state index contributed by atoms with van der Waals surface area (Å²) in [6.07, 6.45) is 4.96. The predicted molar refractivity (Wildman–Crippen MR) is 121 cm³/mol. The predicted octanol–water partition coefficient (Wildman–Crippen LogP) is 1.66. The van der Waals surface area contributed by atoms with Gasteiger partial charge in [0.25, 0.3) is 0 Å². The second-order valence-corrected chi connectivity index (χ2v) is 9.51. The van der Waals surface area contributed by atoms with Crippen LogP contribution in [0.2, 0.25) is 0 Å². The molecule has 1 aromatic carbocycles. The average Bonchev–Trinajstić information content (AvgIpc) is 3.19. The SMILES string of the molecule is N#C[C@H]1CCCC[C@@H]1N1NC(Nc2cccc(CN3CCOCC3)c2)C2C(=O)NCCC21. The van der Waals surface area contributed by atoms with Gasteiger partial charge >= 0.3 is 0 Å². The van der Waals surface area contributed by atoms with E-state index in [9.17, 15) is 10.1 Å². The summed E-state index contributed by atoms with van der Waals surface area (Å²) in [4.78, 5) is 15.3. The Labute approximate surface area is 190 Å². The third-order valence-corrected chi connectivity index (χ3v) is 7.47. The number of carbonyl (C=O) groups excluding carboxylic acids is 1. The van der Waals surface area contributed by atoms with Crippen LogP contribution in [0.5, 0.6) is 0 Å². The molecule has 1 saturated carbocycles. The monoisotopic (exact) mass is 438 g/mol. The van der Waals surface area contributed by atoms with Crippen LogP contribution in [0.1, 0.15) is 37.7 Å². The van der Waals surface area contributed by atoms with Crippen LogP contribution in [0.25, 0.3) is 0 Å². The van der Waals surface area contributed by atoms with Crippen molar-refractivity contribution in [2.45, 2.75) is 56.9 Å². The number of piperidine rings is 1. The summed E-state index contributed by atoms with van der Waals surface area (Å²) >= 11 is 0. The molecule has 0 bridgehead atoms. The van der Waals surface area contributed by atoms with Gasteiger partial charge in [-0.2, -0.15) is 5.26 Å². The van der Waals surface area contributed by atoms with Gasteiger partial charge in [0.05, 0.1) is 31.1 Å². The van der Waals surface area contributed by atoms with Crippen molar-refractivity contribution in [1.82, 2.24) is 20.7 Å². The summed E-state index contributed by atoms with van der Waals surface area (Å²) in [5.41, 5.74) is 5.91. The number of rotatable bonds is 5. The van der Waals surface area contributed by atoms with E-state index in [1.54, 1.807) is 0 Å². The third kappa shape index (κ3) is 4.48. The van der Waals surface area contributed by atoms with Gasteiger partial charge in [0.1, 0.15) is 6.17 Å². The van der Waals surface area contributed by atoms with Crippen molar-refractivity contribution in [2.75, 3.05) is 38.2 Å². The Bertz CT molecular complexity index is 851. The van der Waals surface area contributed by atoms with Crippen molar-refractivity contribution >= 4 is 11.6 Å². The van der Waals surface area contributed by atoms with Crippen LogP contribution in [0.15, 0.2) is 24.3 Å². The summed E-state index contributed by atoms with van der Waals surface area (Å²) in [6.45, 7) is 5.11. The van der Waals surface area contributed by atoms with Crippen molar-refractivity contribution in [3.63, 3.8) is 0 Å². The lowest BCUT2D eigenvalue weighted by atomic mass is 9.83. The molecular weight excluding hydrogens is 404 g/mol. The van der Waals surface area contributed by atoms with Gasteiger partial charge in [0.15, 0.2) is 0 Å². The normalized spacial score (nSPS) is 33.8. The molecule has 4 aliphatic rings. The van der Waals surface area contributed by atoms with Crippen molar-refractivity contribution in [3.05, 3.63) is 29.8 Å². The molecule has 1 aromatic rings. The minimum atomic E-state index is -0.180. The Kier molecular flexibility index (Phi) is 6.60. The van der Waals surface area contributed by atoms with Gasteiger partial charge in [-0.1, -0.05) is 25.0 Å². The zero-order chi connectivity index (χ0) is 21.9. The largest absolute Gasteiger partial charge is 0.379 e. The molecule has 0 aromatic heterocycles. The van der Waals surface area contributed by atoms with Crippen LogP contribution in [0, 0.1) is 23.2 Å². The summed E-state index contributed by atoms with van der Waals surface area (Å²) < 4.78 is 5.46. The lowest BCUT2D eigenvalue weighted by Gasteiger charge is -2.39. The highest BCUT2D eigenvalue weighted by atomic mass is 16.5. The number of benzene rings is 1. The van der Waals surface area contributed by atoms with Gasteiger partial charge in [0.2, 0.25) is 5.91 Å². The smallest absolute Gasteiger partial charge is 0.228 e. The van der Waals surface area contributed by atoms with Gasteiger partial charge < -0.3 is 15.4 Å². The van der Waals surface area contributed by atoms with E-state index in [2.05, 4.69) is 56.3 Å². The number of nitrogens with one attached hydrogen (secondary N) is 3. The van der Waals surface area contributed by atoms with Crippen LogP contribution in [-0.4, -0.2) is 66.9 Å². The van der Waals surface area contributed by atoms with Gasteiger partial charge in [-0.15, -0.1) is 0 Å². The molecular formula is C24H34N6O2. The Morgan fingerprint density at radius 2 is 2.00 bits per heavy atom. The first-order valence-corrected chi connectivity index (χ1v) is 12.1. The fraction of sp³-hybridized carbons (Fsp3) is 0.667. The van der Waals surface area contributed by atoms with Crippen molar-refractivity contribution in [2.24, 2.45) is 11.8 Å². The van der Waals surface area contributed by atoms with Gasteiger partial charge in [-0.3, -0.25) is 9.69 Å². The molecule has 1 aliphatic carbocycles. The highest BCUT2D eigenvalue weighted by Gasteiger charge is 2.51. The summed E-state index contributed by atoms with van der Waals surface area (Å²) in [7, 11) is 0. The zero-order valence-corrected chi connectivity index (χ0v) is 18.6. The maximum absolute atomic E-state index is 12.9. The van der Waals surface area contributed by atoms with Gasteiger partial charge in [-0.05, 0) is 37.0 Å². The molecule has 8 heteroatoms. The van der Waals surface area contributed by atoms with Crippen LogP contribution < -0.4 is 16.1 Å². The van der Waals surface area contributed by atoms with Crippen molar-refractivity contribution < 1.29 is 9.53 Å². The molecule has 0 spiro atoms. The topological polar surface area (TPSA) is 92.7 Å². The molecule has 3 heterocycles. The van der Waals surface area contributed by atoms with E-state index < -0.39 is 0 Å². The van der Waals surface area contributed by atoms with Crippen molar-refractivity contribution in [1.29, 1.82) is 5.26 Å². The van der Waals surface area contributed by atoms with E-state index in [4.69, 9.17) is 4.74 Å². The Hall–Kier alpha value is -2.18. The second kappa shape index (κ2) is 9.75. The fourth-order valence-corrected chi connectivity index (χ4v) is 5.85. The molecule has 1 amide bonds.